The lowest BCUT2D eigenvalue weighted by molar-refractivity contribution is 0.315. The second-order valence-electron chi connectivity index (χ2n) is 6.97. The number of aromatic nitrogens is 2. The molecule has 1 saturated heterocycles. The molecule has 0 bridgehead atoms. The topological polar surface area (TPSA) is 52.2 Å². The second-order valence-corrected chi connectivity index (χ2v) is 7.38. The second kappa shape index (κ2) is 6.74. The number of pyridine rings is 2. The van der Waals surface area contributed by atoms with Crippen molar-refractivity contribution in [3.05, 3.63) is 58.0 Å². The predicted octanol–water partition coefficient (Wildman–Crippen LogP) is 3.38. The first kappa shape index (κ1) is 17.1. The van der Waals surface area contributed by atoms with Gasteiger partial charge in [0.25, 0.3) is 5.56 Å². The van der Waals surface area contributed by atoms with Gasteiger partial charge < -0.3 is 14.8 Å². The number of aromatic amines is 1. The number of nitrogens with one attached hydrogen (secondary N) is 1. The van der Waals surface area contributed by atoms with E-state index in [2.05, 4.69) is 33.9 Å². The smallest absolute Gasteiger partial charge is 0.256 e. The van der Waals surface area contributed by atoms with E-state index in [9.17, 15) is 4.79 Å². The number of rotatable bonds is 3. The van der Waals surface area contributed by atoms with Gasteiger partial charge in [-0.3, -0.25) is 4.79 Å². The van der Waals surface area contributed by atoms with Crippen molar-refractivity contribution < 1.29 is 0 Å². The van der Waals surface area contributed by atoms with Crippen LogP contribution in [-0.2, 0) is 0 Å². The van der Waals surface area contributed by atoms with Crippen molar-refractivity contribution in [1.29, 1.82) is 0 Å². The molecule has 0 saturated carbocycles. The van der Waals surface area contributed by atoms with Crippen molar-refractivity contribution in [3.63, 3.8) is 0 Å². The van der Waals surface area contributed by atoms with Crippen LogP contribution in [0.5, 0.6) is 0 Å². The van der Waals surface area contributed by atoms with Crippen LogP contribution in [0, 0.1) is 0 Å². The fraction of sp³-hybridized carbons (Fsp3) is 0.300. The van der Waals surface area contributed by atoms with Gasteiger partial charge in [0.15, 0.2) is 0 Å². The molecule has 134 valence electrons. The summed E-state index contributed by atoms with van der Waals surface area (Å²) in [6, 6.07) is 11.8. The summed E-state index contributed by atoms with van der Waals surface area (Å²) in [6.45, 7) is 2.00. The molecule has 1 unspecified atom stereocenters. The number of likely N-dealkylation sites (N-methyl/N-ethyl adjacent to an activating group) is 1. The Bertz CT molecular complexity index is 997. The van der Waals surface area contributed by atoms with E-state index in [0.29, 0.717) is 16.5 Å². The fourth-order valence-electron chi connectivity index (χ4n) is 3.51. The summed E-state index contributed by atoms with van der Waals surface area (Å²) in [7, 11) is 4.23. The number of benzene rings is 1. The zero-order valence-electron chi connectivity index (χ0n) is 14.9. The van der Waals surface area contributed by atoms with Crippen LogP contribution in [0.1, 0.15) is 6.42 Å². The first-order chi connectivity index (χ1) is 12.5. The lowest BCUT2D eigenvalue weighted by Gasteiger charge is -2.21. The number of hydrogen-bond acceptors (Lipinski definition) is 4. The number of H-pyrrole nitrogens is 1. The van der Waals surface area contributed by atoms with Gasteiger partial charge in [-0.2, -0.15) is 0 Å². The van der Waals surface area contributed by atoms with Gasteiger partial charge in [-0.05, 0) is 50.8 Å². The maximum Gasteiger partial charge on any atom is 0.256 e. The minimum absolute atomic E-state index is 0.141. The molecule has 4 rings (SSSR count). The molecule has 0 radical (unpaired) electrons. The molecule has 3 aromatic rings. The van der Waals surface area contributed by atoms with Crippen LogP contribution in [0.15, 0.2) is 47.4 Å². The van der Waals surface area contributed by atoms with E-state index in [1.807, 2.05) is 24.4 Å². The van der Waals surface area contributed by atoms with Crippen molar-refractivity contribution in [3.8, 4) is 11.3 Å². The molecule has 6 heteroatoms. The van der Waals surface area contributed by atoms with Gasteiger partial charge in [-0.1, -0.05) is 17.7 Å². The molecule has 1 aliphatic rings. The molecule has 2 aromatic heterocycles. The molecule has 0 aliphatic carbocycles. The summed E-state index contributed by atoms with van der Waals surface area (Å²) in [6.07, 6.45) is 2.96. The van der Waals surface area contributed by atoms with Crippen LogP contribution >= 0.6 is 11.6 Å². The molecule has 3 heterocycles. The van der Waals surface area contributed by atoms with Gasteiger partial charge >= 0.3 is 0 Å². The molecule has 1 fully saturated rings. The highest BCUT2D eigenvalue weighted by molar-refractivity contribution is 6.35. The van der Waals surface area contributed by atoms with E-state index in [4.69, 9.17) is 11.6 Å². The van der Waals surface area contributed by atoms with E-state index < -0.39 is 0 Å². The van der Waals surface area contributed by atoms with E-state index in [0.717, 1.165) is 42.0 Å². The molecule has 1 N–H and O–H groups in total. The quantitative estimate of drug-likeness (QED) is 0.770. The summed E-state index contributed by atoms with van der Waals surface area (Å²) in [5.41, 5.74) is 1.45. The summed E-state index contributed by atoms with van der Waals surface area (Å²) in [5, 5.41) is 1.93. The maximum atomic E-state index is 12.4. The van der Waals surface area contributed by atoms with Gasteiger partial charge in [0.05, 0.1) is 5.69 Å². The van der Waals surface area contributed by atoms with Gasteiger partial charge in [0, 0.05) is 46.7 Å². The number of fused-ring (bicyclic) bond motifs is 1. The lowest BCUT2D eigenvalue weighted by Crippen LogP contribution is -2.31. The zero-order valence-corrected chi connectivity index (χ0v) is 15.6. The normalized spacial score (nSPS) is 17.4. The Balaban J connectivity index is 1.64. The molecular formula is C20H21ClN4O. The highest BCUT2D eigenvalue weighted by atomic mass is 35.5. The molecule has 26 heavy (non-hydrogen) atoms. The van der Waals surface area contributed by atoms with E-state index in [1.165, 1.54) is 0 Å². The van der Waals surface area contributed by atoms with Crippen LogP contribution < -0.4 is 10.5 Å². The van der Waals surface area contributed by atoms with E-state index in [1.54, 1.807) is 18.2 Å². The molecule has 1 atom stereocenters. The number of hydrogen-bond donors (Lipinski definition) is 1. The van der Waals surface area contributed by atoms with E-state index in [-0.39, 0.29) is 5.56 Å². The zero-order chi connectivity index (χ0) is 18.3. The van der Waals surface area contributed by atoms with E-state index >= 15 is 0 Å². The standard InChI is InChI=1S/C20H21ClN4O/c1-24(2)14-8-9-25(12-14)19-7-6-13(11-22-19)18-10-16-15(20(26)23-18)4-3-5-17(16)21/h3-7,10-11,14H,8-9,12H2,1-2H3,(H,23,26). The summed E-state index contributed by atoms with van der Waals surface area (Å²) in [5.74, 6) is 0.972. The highest BCUT2D eigenvalue weighted by Crippen LogP contribution is 2.26. The third-order valence-corrected chi connectivity index (χ3v) is 5.44. The van der Waals surface area contributed by atoms with Crippen LogP contribution in [-0.4, -0.2) is 48.1 Å². The Kier molecular flexibility index (Phi) is 4.42. The van der Waals surface area contributed by atoms with Crippen LogP contribution in [0.25, 0.3) is 22.0 Å². The minimum Gasteiger partial charge on any atom is -0.355 e. The molecule has 5 nitrogen and oxygen atoms in total. The Morgan fingerprint density at radius 1 is 1.23 bits per heavy atom. The maximum absolute atomic E-state index is 12.4. The highest BCUT2D eigenvalue weighted by Gasteiger charge is 2.24. The Labute approximate surface area is 157 Å². The molecule has 1 aromatic carbocycles. The Hall–Kier alpha value is -2.37. The number of nitrogens with zero attached hydrogens (tertiary/aromatic N) is 3. The molecule has 1 aliphatic heterocycles. The first-order valence-corrected chi connectivity index (χ1v) is 9.10. The van der Waals surface area contributed by atoms with Gasteiger partial charge in [0.2, 0.25) is 0 Å². The summed E-state index contributed by atoms with van der Waals surface area (Å²) >= 11 is 6.26. The van der Waals surface area contributed by atoms with Crippen molar-refractivity contribution in [2.24, 2.45) is 0 Å². The Morgan fingerprint density at radius 3 is 2.77 bits per heavy atom. The average Bonchev–Trinajstić information content (AvgIpc) is 3.13. The van der Waals surface area contributed by atoms with Gasteiger partial charge in [-0.25, -0.2) is 4.98 Å². The SMILES string of the molecule is CN(C)C1CCN(c2ccc(-c3cc4c(Cl)cccc4c(=O)[nH]3)cn2)C1. The first-order valence-electron chi connectivity index (χ1n) is 8.72. The molecule has 0 spiro atoms. The Morgan fingerprint density at radius 2 is 2.08 bits per heavy atom. The molecular weight excluding hydrogens is 348 g/mol. The lowest BCUT2D eigenvalue weighted by atomic mass is 10.1. The third kappa shape index (κ3) is 3.08. The largest absolute Gasteiger partial charge is 0.355 e. The number of halogens is 1. The van der Waals surface area contributed by atoms with Crippen LogP contribution in [0.2, 0.25) is 5.02 Å². The van der Waals surface area contributed by atoms with Gasteiger partial charge in [-0.15, -0.1) is 0 Å². The molecule has 0 amide bonds. The van der Waals surface area contributed by atoms with Crippen molar-refractivity contribution in [1.82, 2.24) is 14.9 Å². The average molecular weight is 369 g/mol. The minimum atomic E-state index is -0.141. The summed E-state index contributed by atoms with van der Waals surface area (Å²) in [4.78, 5) is 24.5. The van der Waals surface area contributed by atoms with Crippen molar-refractivity contribution >= 4 is 28.2 Å². The van der Waals surface area contributed by atoms with Crippen LogP contribution in [0.4, 0.5) is 5.82 Å². The number of anilines is 1. The monoisotopic (exact) mass is 368 g/mol. The summed E-state index contributed by atoms with van der Waals surface area (Å²) < 4.78 is 0. The van der Waals surface area contributed by atoms with Crippen molar-refractivity contribution in [2.75, 3.05) is 32.1 Å². The van der Waals surface area contributed by atoms with Crippen LogP contribution in [0.3, 0.4) is 0 Å². The van der Waals surface area contributed by atoms with Crippen molar-refractivity contribution in [2.45, 2.75) is 12.5 Å². The predicted molar refractivity (Wildman–Crippen MR) is 107 cm³/mol. The third-order valence-electron chi connectivity index (χ3n) is 5.11. The van der Waals surface area contributed by atoms with Gasteiger partial charge in [0.1, 0.15) is 5.82 Å². The fourth-order valence-corrected chi connectivity index (χ4v) is 3.74.